The number of fused-ring (bicyclic) bond motifs is 1. The summed E-state index contributed by atoms with van der Waals surface area (Å²) in [6.07, 6.45) is 0. The van der Waals surface area contributed by atoms with Gasteiger partial charge in [-0.3, -0.25) is 0 Å². The summed E-state index contributed by atoms with van der Waals surface area (Å²) in [4.78, 5) is 15.6. The second-order valence-electron chi connectivity index (χ2n) is 5.39. The van der Waals surface area contributed by atoms with Crippen molar-refractivity contribution in [3.63, 3.8) is 0 Å². The predicted molar refractivity (Wildman–Crippen MR) is 98.2 cm³/mol. The first-order chi connectivity index (χ1) is 12.0. The number of hydrogen-bond donors (Lipinski definition) is 0. The van der Waals surface area contributed by atoms with E-state index < -0.39 is 5.97 Å². The second kappa shape index (κ2) is 7.14. The molecule has 3 rings (SSSR count). The van der Waals surface area contributed by atoms with Crippen LogP contribution in [0.4, 0.5) is 5.69 Å². The van der Waals surface area contributed by atoms with Crippen molar-refractivity contribution in [1.82, 2.24) is 4.57 Å². The molecule has 0 saturated heterocycles. The third kappa shape index (κ3) is 3.32. The normalized spacial score (nSPS) is 10.6. The van der Waals surface area contributed by atoms with Crippen molar-refractivity contribution in [1.29, 1.82) is 5.39 Å². The van der Waals surface area contributed by atoms with Gasteiger partial charge in [0.2, 0.25) is 5.39 Å². The van der Waals surface area contributed by atoms with Crippen molar-refractivity contribution >= 4 is 45.8 Å². The van der Waals surface area contributed by atoms with E-state index in [0.29, 0.717) is 33.4 Å². The van der Waals surface area contributed by atoms with Crippen molar-refractivity contribution in [3.05, 3.63) is 68.7 Å². The Balaban J connectivity index is 2.16. The van der Waals surface area contributed by atoms with Crippen LogP contribution in [0.25, 0.3) is 15.9 Å². The lowest BCUT2D eigenvalue weighted by Gasteiger charge is -2.11. The molecule has 0 fully saturated rings. The molecule has 0 saturated carbocycles. The van der Waals surface area contributed by atoms with Gasteiger partial charge in [0.15, 0.2) is 4.98 Å². The van der Waals surface area contributed by atoms with Gasteiger partial charge in [-0.15, -0.1) is 0 Å². The predicted octanol–water partition coefficient (Wildman–Crippen LogP) is 5.66. The molecule has 3 aromatic rings. The Bertz CT molecular complexity index is 1010. The van der Waals surface area contributed by atoms with Gasteiger partial charge >= 0.3 is 11.7 Å². The zero-order valence-corrected chi connectivity index (χ0v) is 14.9. The lowest BCUT2D eigenvalue weighted by molar-refractivity contribution is 0.0515. The van der Waals surface area contributed by atoms with Gasteiger partial charge < -0.3 is 9.30 Å². The lowest BCUT2D eigenvalue weighted by atomic mass is 10.2. The lowest BCUT2D eigenvalue weighted by Crippen LogP contribution is -2.12. The maximum absolute atomic E-state index is 12.4. The molecule has 0 amide bonds. The van der Waals surface area contributed by atoms with Gasteiger partial charge in [0, 0.05) is 12.6 Å². The van der Waals surface area contributed by atoms with E-state index in [2.05, 4.69) is 4.98 Å². The molecule has 0 atom stereocenters. The van der Waals surface area contributed by atoms with Crippen LogP contribution < -0.4 is 0 Å². The smallest absolute Gasteiger partial charge is 0.394 e. The zero-order chi connectivity index (χ0) is 18.0. The number of diazo groups is 1. The van der Waals surface area contributed by atoms with E-state index >= 15 is 0 Å². The van der Waals surface area contributed by atoms with Crippen LogP contribution in [-0.4, -0.2) is 17.1 Å². The summed E-state index contributed by atoms with van der Waals surface area (Å²) in [6, 6.07) is 12.3. The Morgan fingerprint density at radius 3 is 2.68 bits per heavy atom. The maximum Gasteiger partial charge on any atom is 0.394 e. The Kier molecular flexibility index (Phi) is 4.93. The Morgan fingerprint density at radius 1 is 1.20 bits per heavy atom. The van der Waals surface area contributed by atoms with Crippen LogP contribution in [0.15, 0.2) is 42.5 Å². The van der Waals surface area contributed by atoms with Gasteiger partial charge in [-0.2, -0.15) is 0 Å². The molecule has 2 aromatic carbocycles. The number of halogens is 2. The number of hydrogen-bond acceptors (Lipinski definition) is 3. The third-order valence-electron chi connectivity index (χ3n) is 3.84. The molecule has 25 heavy (non-hydrogen) atoms. The molecule has 0 aliphatic carbocycles. The number of esters is 1. The van der Waals surface area contributed by atoms with Gasteiger partial charge in [0.1, 0.15) is 5.69 Å². The molecule has 126 valence electrons. The molecule has 7 heteroatoms. The van der Waals surface area contributed by atoms with Gasteiger partial charge in [0.25, 0.3) is 0 Å². The van der Waals surface area contributed by atoms with E-state index in [1.54, 1.807) is 37.3 Å². The van der Waals surface area contributed by atoms with E-state index in [1.165, 1.54) is 0 Å². The molecule has 0 unspecified atom stereocenters. The van der Waals surface area contributed by atoms with E-state index in [4.69, 9.17) is 27.9 Å². The van der Waals surface area contributed by atoms with E-state index in [1.807, 2.05) is 16.7 Å². The highest BCUT2D eigenvalue weighted by atomic mass is 35.5. The van der Waals surface area contributed by atoms with Crippen molar-refractivity contribution < 1.29 is 9.53 Å². The first-order valence-corrected chi connectivity index (χ1v) is 8.39. The number of rotatable bonds is 4. The SMILES string of the molecule is CCOC(=O)c1cc2c([N+]#N)cccc2n1Cc1ccc(Cl)c(Cl)c1. The van der Waals surface area contributed by atoms with Gasteiger partial charge in [-0.25, -0.2) is 4.79 Å². The minimum Gasteiger partial charge on any atom is -0.461 e. The number of benzene rings is 2. The number of carbonyl (C=O) groups is 1. The molecule has 0 aliphatic heterocycles. The van der Waals surface area contributed by atoms with Crippen molar-refractivity contribution in [2.24, 2.45) is 0 Å². The highest BCUT2D eigenvalue weighted by Crippen LogP contribution is 2.31. The highest BCUT2D eigenvalue weighted by molar-refractivity contribution is 6.42. The number of carbonyl (C=O) groups excluding carboxylic acids is 1. The van der Waals surface area contributed by atoms with Gasteiger partial charge in [-0.1, -0.05) is 35.3 Å². The minimum absolute atomic E-state index is 0.268. The molecule has 0 bridgehead atoms. The van der Waals surface area contributed by atoms with Gasteiger partial charge in [0.05, 0.1) is 27.6 Å². The fourth-order valence-corrected chi connectivity index (χ4v) is 3.04. The number of nitrogens with zero attached hydrogens (tertiary/aromatic N) is 3. The number of aromatic nitrogens is 1. The van der Waals surface area contributed by atoms with Gasteiger partial charge in [-0.05, 0) is 36.8 Å². The van der Waals surface area contributed by atoms with Crippen LogP contribution in [0.2, 0.25) is 10.0 Å². The maximum atomic E-state index is 12.4. The summed E-state index contributed by atoms with van der Waals surface area (Å²) in [5, 5.41) is 10.8. The summed E-state index contributed by atoms with van der Waals surface area (Å²) in [7, 11) is 0. The van der Waals surface area contributed by atoms with E-state index in [-0.39, 0.29) is 6.61 Å². The first-order valence-electron chi connectivity index (χ1n) is 7.63. The molecule has 0 spiro atoms. The molecule has 0 aliphatic rings. The van der Waals surface area contributed by atoms with Crippen LogP contribution >= 0.6 is 23.2 Å². The Labute approximate surface area is 154 Å². The molecule has 1 aromatic heterocycles. The molecule has 0 radical (unpaired) electrons. The monoisotopic (exact) mass is 374 g/mol. The van der Waals surface area contributed by atoms with E-state index in [9.17, 15) is 10.2 Å². The third-order valence-corrected chi connectivity index (χ3v) is 4.58. The topological polar surface area (TPSA) is 59.4 Å². The first kappa shape index (κ1) is 17.3. The van der Waals surface area contributed by atoms with Crippen LogP contribution in [0.1, 0.15) is 23.0 Å². The summed E-state index contributed by atoms with van der Waals surface area (Å²) >= 11 is 12.1. The Hall–Kier alpha value is -2.55. The van der Waals surface area contributed by atoms with Crippen LogP contribution in [0, 0.1) is 5.39 Å². The zero-order valence-electron chi connectivity index (χ0n) is 13.4. The minimum atomic E-state index is -0.442. The average molecular weight is 375 g/mol. The fourth-order valence-electron chi connectivity index (χ4n) is 2.72. The fraction of sp³-hybridized carbons (Fsp3) is 0.167. The molecular weight excluding hydrogens is 361 g/mol. The molecule has 1 heterocycles. The molecule has 5 nitrogen and oxygen atoms in total. The standard InChI is InChI=1S/C18H14Cl2N3O2/c1-2-25-18(24)17-9-12-15(22-21)4-3-5-16(12)23(17)10-11-6-7-13(19)14(20)8-11/h3-9H,2,10H2,1H3/q+1. The summed E-state index contributed by atoms with van der Waals surface area (Å²) in [6.45, 7) is 2.41. The highest BCUT2D eigenvalue weighted by Gasteiger charge is 2.22. The van der Waals surface area contributed by atoms with Crippen molar-refractivity contribution in [2.75, 3.05) is 6.61 Å². The average Bonchev–Trinajstić information content (AvgIpc) is 2.97. The largest absolute Gasteiger partial charge is 0.461 e. The summed E-state index contributed by atoms with van der Waals surface area (Å²) < 4.78 is 6.96. The second-order valence-corrected chi connectivity index (χ2v) is 6.21. The van der Waals surface area contributed by atoms with Crippen molar-refractivity contribution in [3.8, 4) is 0 Å². The van der Waals surface area contributed by atoms with E-state index in [0.717, 1.165) is 11.1 Å². The van der Waals surface area contributed by atoms with Crippen LogP contribution in [0.5, 0.6) is 0 Å². The van der Waals surface area contributed by atoms with Crippen LogP contribution in [0.3, 0.4) is 0 Å². The Morgan fingerprint density at radius 2 is 2.00 bits per heavy atom. The van der Waals surface area contributed by atoms with Crippen molar-refractivity contribution in [2.45, 2.75) is 13.5 Å². The number of ether oxygens (including phenoxy) is 1. The molecular formula is C18H14Cl2N3O2+. The molecule has 0 N–H and O–H groups in total. The summed E-state index contributed by atoms with van der Waals surface area (Å²) in [5.74, 6) is -0.442. The van der Waals surface area contributed by atoms with Crippen LogP contribution in [-0.2, 0) is 11.3 Å². The quantitative estimate of drug-likeness (QED) is 0.437. The summed E-state index contributed by atoms with van der Waals surface area (Å²) in [5.41, 5.74) is 2.39.